The van der Waals surface area contributed by atoms with E-state index in [1.807, 2.05) is 13.1 Å². The molecular weight excluding hydrogens is 246 g/mol. The van der Waals surface area contributed by atoms with E-state index in [4.69, 9.17) is 0 Å². The number of thiophene rings is 1. The predicted molar refractivity (Wildman–Crippen MR) is 74.2 cm³/mol. The maximum atomic E-state index is 12.0. The Morgan fingerprint density at radius 1 is 1.56 bits per heavy atom. The molecule has 0 fully saturated rings. The molecule has 0 saturated heterocycles. The van der Waals surface area contributed by atoms with Gasteiger partial charge >= 0.3 is 0 Å². The first kappa shape index (κ1) is 12.8. The van der Waals surface area contributed by atoms with Crippen LogP contribution in [0.15, 0.2) is 18.3 Å². The van der Waals surface area contributed by atoms with Gasteiger partial charge in [0.15, 0.2) is 5.82 Å². The average Bonchev–Trinajstić information content (AvgIpc) is 2.87. The second-order valence-electron chi connectivity index (χ2n) is 4.27. The highest BCUT2D eigenvalue weighted by Gasteiger charge is 2.13. The predicted octanol–water partition coefficient (Wildman–Crippen LogP) is 2.99. The van der Waals surface area contributed by atoms with E-state index in [9.17, 15) is 4.79 Å². The van der Waals surface area contributed by atoms with Crippen LogP contribution < -0.4 is 5.32 Å². The van der Waals surface area contributed by atoms with Gasteiger partial charge in [0.1, 0.15) is 0 Å². The Hall–Kier alpha value is -1.62. The van der Waals surface area contributed by atoms with E-state index in [0.717, 1.165) is 17.7 Å². The minimum Gasteiger partial charge on any atom is -0.304 e. The van der Waals surface area contributed by atoms with Gasteiger partial charge in [0.25, 0.3) is 5.91 Å². The van der Waals surface area contributed by atoms with Gasteiger partial charge < -0.3 is 5.32 Å². The monoisotopic (exact) mass is 263 g/mol. The van der Waals surface area contributed by atoms with Crippen molar-refractivity contribution in [2.24, 2.45) is 7.05 Å². The molecule has 0 atom stereocenters. The number of carbonyl (C=O) groups is 1. The van der Waals surface area contributed by atoms with Gasteiger partial charge in [-0.1, -0.05) is 13.3 Å². The van der Waals surface area contributed by atoms with E-state index in [0.29, 0.717) is 5.82 Å². The minimum absolute atomic E-state index is 0.0795. The van der Waals surface area contributed by atoms with Gasteiger partial charge in [0, 0.05) is 24.2 Å². The van der Waals surface area contributed by atoms with Crippen molar-refractivity contribution in [3.63, 3.8) is 0 Å². The number of hydrogen-bond donors (Lipinski definition) is 1. The van der Waals surface area contributed by atoms with Crippen molar-refractivity contribution in [3.05, 3.63) is 33.6 Å². The highest BCUT2D eigenvalue weighted by Crippen LogP contribution is 2.23. The first-order valence-electron chi connectivity index (χ1n) is 6.00. The van der Waals surface area contributed by atoms with Gasteiger partial charge in [-0.25, -0.2) is 0 Å². The van der Waals surface area contributed by atoms with Crippen LogP contribution in [0.25, 0.3) is 0 Å². The molecule has 2 aromatic rings. The molecule has 0 unspecified atom stereocenters. The first-order chi connectivity index (χ1) is 8.60. The Bertz CT molecular complexity index is 556. The molecule has 0 spiro atoms. The molecule has 0 radical (unpaired) electrons. The van der Waals surface area contributed by atoms with Gasteiger partial charge in [0.05, 0.1) is 4.88 Å². The van der Waals surface area contributed by atoms with Crippen molar-refractivity contribution < 1.29 is 4.79 Å². The standard InChI is InChI=1S/C13H17N3OS/c1-4-5-10-8-11(18-9(10)2)13(17)14-12-6-7-16(3)15-12/h6-8H,4-5H2,1-3H3,(H,14,15,17). The van der Waals surface area contributed by atoms with Crippen LogP contribution >= 0.6 is 11.3 Å². The van der Waals surface area contributed by atoms with Crippen molar-refractivity contribution in [3.8, 4) is 0 Å². The van der Waals surface area contributed by atoms with Gasteiger partial charge in [-0.05, 0) is 25.0 Å². The summed E-state index contributed by atoms with van der Waals surface area (Å²) in [4.78, 5) is 14.0. The molecule has 1 amide bonds. The molecule has 0 saturated carbocycles. The Labute approximate surface area is 111 Å². The summed E-state index contributed by atoms with van der Waals surface area (Å²) < 4.78 is 1.66. The third kappa shape index (κ3) is 2.79. The number of carbonyl (C=O) groups excluding carboxylic acids is 1. The molecule has 0 aromatic carbocycles. The average molecular weight is 263 g/mol. The van der Waals surface area contributed by atoms with Crippen LogP contribution in [0.4, 0.5) is 5.82 Å². The zero-order valence-electron chi connectivity index (χ0n) is 10.9. The maximum absolute atomic E-state index is 12.0. The number of rotatable bonds is 4. The molecular formula is C13H17N3OS. The second-order valence-corrected chi connectivity index (χ2v) is 5.53. The molecule has 1 N–H and O–H groups in total. The Morgan fingerprint density at radius 3 is 2.94 bits per heavy atom. The lowest BCUT2D eigenvalue weighted by Crippen LogP contribution is -2.10. The molecule has 0 bridgehead atoms. The van der Waals surface area contributed by atoms with Gasteiger partial charge in [-0.3, -0.25) is 9.48 Å². The summed E-state index contributed by atoms with van der Waals surface area (Å²) >= 11 is 1.54. The van der Waals surface area contributed by atoms with Crippen molar-refractivity contribution in [2.75, 3.05) is 5.32 Å². The lowest BCUT2D eigenvalue weighted by Gasteiger charge is -1.98. The Kier molecular flexibility index (Phi) is 3.81. The van der Waals surface area contributed by atoms with Crippen LogP contribution in [0.5, 0.6) is 0 Å². The molecule has 5 heteroatoms. The molecule has 2 heterocycles. The second kappa shape index (κ2) is 5.35. The summed E-state index contributed by atoms with van der Waals surface area (Å²) in [5, 5.41) is 6.93. The summed E-state index contributed by atoms with van der Waals surface area (Å²) in [5.74, 6) is 0.509. The van der Waals surface area contributed by atoms with Crippen LogP contribution in [-0.2, 0) is 13.5 Å². The lowest BCUT2D eigenvalue weighted by molar-refractivity contribution is 0.103. The minimum atomic E-state index is -0.0795. The largest absolute Gasteiger partial charge is 0.304 e. The fourth-order valence-corrected chi connectivity index (χ4v) is 2.78. The number of amides is 1. The fraction of sp³-hybridized carbons (Fsp3) is 0.385. The summed E-state index contributed by atoms with van der Waals surface area (Å²) in [7, 11) is 1.82. The van der Waals surface area contributed by atoms with Gasteiger partial charge in [0.2, 0.25) is 0 Å². The maximum Gasteiger partial charge on any atom is 0.266 e. The number of hydrogen-bond acceptors (Lipinski definition) is 3. The molecule has 2 aromatic heterocycles. The topological polar surface area (TPSA) is 46.9 Å². The van der Waals surface area contributed by atoms with Crippen molar-refractivity contribution >= 4 is 23.1 Å². The number of nitrogens with zero attached hydrogens (tertiary/aromatic N) is 2. The molecule has 96 valence electrons. The summed E-state index contributed by atoms with van der Waals surface area (Å²) in [6, 6.07) is 3.77. The smallest absolute Gasteiger partial charge is 0.266 e. The SMILES string of the molecule is CCCc1cc(C(=O)Nc2ccn(C)n2)sc1C. The normalized spacial score (nSPS) is 10.6. The number of aryl methyl sites for hydroxylation is 3. The first-order valence-corrected chi connectivity index (χ1v) is 6.82. The van der Waals surface area contributed by atoms with E-state index in [1.54, 1.807) is 28.3 Å². The van der Waals surface area contributed by atoms with Crippen molar-refractivity contribution in [1.82, 2.24) is 9.78 Å². The zero-order valence-corrected chi connectivity index (χ0v) is 11.7. The van der Waals surface area contributed by atoms with E-state index in [1.165, 1.54) is 10.4 Å². The van der Waals surface area contributed by atoms with Crippen LogP contribution in [-0.4, -0.2) is 15.7 Å². The molecule has 0 aliphatic heterocycles. The van der Waals surface area contributed by atoms with E-state index in [2.05, 4.69) is 24.3 Å². The van der Waals surface area contributed by atoms with Gasteiger partial charge in [-0.2, -0.15) is 5.10 Å². The Balaban J connectivity index is 2.11. The molecule has 2 rings (SSSR count). The molecule has 0 aliphatic carbocycles. The quantitative estimate of drug-likeness (QED) is 0.921. The van der Waals surface area contributed by atoms with Crippen LogP contribution in [0.1, 0.15) is 33.5 Å². The number of nitrogens with one attached hydrogen (secondary N) is 1. The molecule has 18 heavy (non-hydrogen) atoms. The van der Waals surface area contributed by atoms with Crippen molar-refractivity contribution in [2.45, 2.75) is 26.7 Å². The van der Waals surface area contributed by atoms with Crippen molar-refractivity contribution in [1.29, 1.82) is 0 Å². The highest BCUT2D eigenvalue weighted by atomic mass is 32.1. The Morgan fingerprint density at radius 2 is 2.33 bits per heavy atom. The fourth-order valence-electron chi connectivity index (χ4n) is 1.81. The van der Waals surface area contributed by atoms with E-state index < -0.39 is 0 Å². The summed E-state index contributed by atoms with van der Waals surface area (Å²) in [5.41, 5.74) is 1.27. The molecule has 4 nitrogen and oxygen atoms in total. The zero-order chi connectivity index (χ0) is 13.1. The van der Waals surface area contributed by atoms with Crippen LogP contribution in [0.2, 0.25) is 0 Å². The van der Waals surface area contributed by atoms with Gasteiger partial charge in [-0.15, -0.1) is 11.3 Å². The van der Waals surface area contributed by atoms with Crippen LogP contribution in [0.3, 0.4) is 0 Å². The lowest BCUT2D eigenvalue weighted by atomic mass is 10.1. The molecule has 0 aliphatic rings. The number of anilines is 1. The third-order valence-corrected chi connectivity index (χ3v) is 3.81. The van der Waals surface area contributed by atoms with E-state index in [-0.39, 0.29) is 5.91 Å². The van der Waals surface area contributed by atoms with E-state index >= 15 is 0 Å². The summed E-state index contributed by atoms with van der Waals surface area (Å²) in [6.07, 6.45) is 3.93. The van der Waals surface area contributed by atoms with Crippen LogP contribution in [0, 0.1) is 6.92 Å². The highest BCUT2D eigenvalue weighted by molar-refractivity contribution is 7.14. The number of aromatic nitrogens is 2. The summed E-state index contributed by atoms with van der Waals surface area (Å²) in [6.45, 7) is 4.21. The third-order valence-electron chi connectivity index (χ3n) is 2.72.